The fourth-order valence-electron chi connectivity index (χ4n) is 2.91. The number of hydrogen-bond acceptors (Lipinski definition) is 6. The average molecular weight is 468 g/mol. The topological polar surface area (TPSA) is 105 Å². The van der Waals surface area contributed by atoms with E-state index in [-0.39, 0.29) is 33.9 Å². The number of anilines is 2. The number of hydrogen-bond donors (Lipinski definition) is 1. The maximum absolute atomic E-state index is 13.0. The molecule has 3 rings (SSSR count). The Morgan fingerprint density at radius 2 is 1.90 bits per heavy atom. The summed E-state index contributed by atoms with van der Waals surface area (Å²) in [7, 11) is -1.25. The lowest BCUT2D eigenvalue weighted by Gasteiger charge is -2.24. The zero-order chi connectivity index (χ0) is 22.8. The third-order valence-corrected chi connectivity index (χ3v) is 6.89. The first-order chi connectivity index (χ1) is 14.6. The first-order valence-corrected chi connectivity index (χ1v) is 11.2. The van der Waals surface area contributed by atoms with Crippen molar-refractivity contribution < 1.29 is 27.5 Å². The maximum atomic E-state index is 13.0. The Morgan fingerprint density at radius 3 is 2.55 bits per heavy atom. The van der Waals surface area contributed by atoms with Crippen molar-refractivity contribution in [3.05, 3.63) is 41.4 Å². The number of carbonyl (C=O) groups excluding carboxylic acids is 2. The molecule has 166 valence electrons. The summed E-state index contributed by atoms with van der Waals surface area (Å²) in [5, 5.41) is 2.47. The van der Waals surface area contributed by atoms with Crippen LogP contribution in [0.5, 0.6) is 11.5 Å². The summed E-state index contributed by atoms with van der Waals surface area (Å²) in [5.74, 6) is 0.0631. The minimum absolute atomic E-state index is 0.0938. The number of halogens is 1. The van der Waals surface area contributed by atoms with Crippen LogP contribution in [0, 0.1) is 0 Å². The molecule has 0 atom stereocenters. The first kappa shape index (κ1) is 22.9. The minimum Gasteiger partial charge on any atom is -0.494 e. The highest BCUT2D eigenvalue weighted by Gasteiger charge is 2.29. The number of nitrogens with zero attached hydrogens (tertiary/aromatic N) is 2. The molecule has 1 aliphatic heterocycles. The van der Waals surface area contributed by atoms with Gasteiger partial charge in [0.15, 0.2) is 6.61 Å². The van der Waals surface area contributed by atoms with Gasteiger partial charge in [-0.2, -0.15) is 4.31 Å². The van der Waals surface area contributed by atoms with Crippen molar-refractivity contribution in [2.24, 2.45) is 0 Å². The van der Waals surface area contributed by atoms with Crippen LogP contribution in [-0.4, -0.2) is 58.4 Å². The molecular formula is C20H22ClN3O6S. The zero-order valence-corrected chi connectivity index (χ0v) is 18.8. The van der Waals surface area contributed by atoms with Crippen LogP contribution in [0.2, 0.25) is 5.02 Å². The number of amides is 2. The Labute approximate surface area is 185 Å². The van der Waals surface area contributed by atoms with Crippen molar-refractivity contribution in [3.8, 4) is 11.5 Å². The van der Waals surface area contributed by atoms with Crippen molar-refractivity contribution in [1.82, 2.24) is 4.31 Å². The van der Waals surface area contributed by atoms with Crippen LogP contribution in [-0.2, 0) is 19.6 Å². The van der Waals surface area contributed by atoms with Gasteiger partial charge in [0.1, 0.15) is 16.4 Å². The molecule has 2 aromatic carbocycles. The third kappa shape index (κ3) is 4.92. The van der Waals surface area contributed by atoms with Gasteiger partial charge in [0.05, 0.1) is 23.9 Å². The molecule has 1 aliphatic rings. The summed E-state index contributed by atoms with van der Waals surface area (Å²) in [4.78, 5) is 25.2. The Kier molecular flexibility index (Phi) is 6.73. The van der Waals surface area contributed by atoms with E-state index in [1.165, 1.54) is 24.1 Å². The number of rotatable bonds is 7. The van der Waals surface area contributed by atoms with Crippen LogP contribution in [0.3, 0.4) is 0 Å². The molecule has 2 amide bonds. The fourth-order valence-corrected chi connectivity index (χ4v) is 4.54. The number of carbonyl (C=O) groups is 2. The molecule has 2 aromatic rings. The number of fused-ring (bicyclic) bond motifs is 1. The van der Waals surface area contributed by atoms with Gasteiger partial charge in [-0.3, -0.25) is 9.59 Å². The summed E-state index contributed by atoms with van der Waals surface area (Å²) in [6.45, 7) is 1.77. The van der Waals surface area contributed by atoms with E-state index < -0.39 is 22.5 Å². The normalized spacial score (nSPS) is 13.3. The second-order valence-electron chi connectivity index (χ2n) is 6.76. The number of likely N-dealkylation sites (N-methyl/N-ethyl adjacent to an activating group) is 2. The van der Waals surface area contributed by atoms with Gasteiger partial charge in [0, 0.05) is 25.8 Å². The number of nitrogens with one attached hydrogen (secondary N) is 1. The summed E-state index contributed by atoms with van der Waals surface area (Å²) >= 11 is 6.15. The van der Waals surface area contributed by atoms with Crippen LogP contribution in [0.15, 0.2) is 41.3 Å². The molecule has 0 radical (unpaired) electrons. The summed E-state index contributed by atoms with van der Waals surface area (Å²) in [6.07, 6.45) is 0. The number of sulfonamides is 1. The van der Waals surface area contributed by atoms with Crippen molar-refractivity contribution >= 4 is 44.8 Å². The molecular weight excluding hydrogens is 446 g/mol. The van der Waals surface area contributed by atoms with E-state index in [9.17, 15) is 18.0 Å². The van der Waals surface area contributed by atoms with E-state index in [0.717, 1.165) is 4.31 Å². The summed E-state index contributed by atoms with van der Waals surface area (Å²) in [6, 6.07) is 9.43. The quantitative estimate of drug-likeness (QED) is 0.670. The molecule has 0 spiro atoms. The van der Waals surface area contributed by atoms with Crippen molar-refractivity contribution in [2.75, 3.05) is 44.1 Å². The van der Waals surface area contributed by atoms with Crippen molar-refractivity contribution in [3.63, 3.8) is 0 Å². The van der Waals surface area contributed by atoms with E-state index in [2.05, 4.69) is 5.32 Å². The first-order valence-electron chi connectivity index (χ1n) is 9.35. The SMILES string of the molecule is CCOc1ccc(N(C)C(=O)CN(C)S(=O)(=O)c2cc3c(cc2Cl)NC(=O)CO3)cc1. The lowest BCUT2D eigenvalue weighted by molar-refractivity contribution is -0.119. The van der Waals surface area contributed by atoms with Crippen molar-refractivity contribution in [2.45, 2.75) is 11.8 Å². The van der Waals surface area contributed by atoms with Crippen LogP contribution in [0.4, 0.5) is 11.4 Å². The minimum atomic E-state index is -4.10. The standard InChI is InChI=1S/C20H22ClN3O6S/c1-4-29-14-7-5-13(6-8-14)24(3)20(26)11-23(2)31(27,28)18-10-17-16(9-15(18)21)22-19(25)12-30-17/h5-10H,4,11-12H2,1-3H3,(H,22,25). The van der Waals surface area contributed by atoms with Gasteiger partial charge in [-0.15, -0.1) is 0 Å². The van der Waals surface area contributed by atoms with Gasteiger partial charge in [-0.05, 0) is 37.3 Å². The molecule has 11 heteroatoms. The van der Waals surface area contributed by atoms with Gasteiger partial charge in [0.2, 0.25) is 15.9 Å². The smallest absolute Gasteiger partial charge is 0.262 e. The molecule has 0 saturated carbocycles. The Balaban J connectivity index is 1.76. The second-order valence-corrected chi connectivity index (χ2v) is 9.18. The van der Waals surface area contributed by atoms with Gasteiger partial charge in [-0.25, -0.2) is 8.42 Å². The molecule has 31 heavy (non-hydrogen) atoms. The molecule has 0 saturated heterocycles. The number of benzene rings is 2. The molecule has 0 unspecified atom stereocenters. The summed E-state index contributed by atoms with van der Waals surface area (Å²) in [5.41, 5.74) is 0.879. The van der Waals surface area contributed by atoms with Gasteiger partial charge < -0.3 is 19.7 Å². The van der Waals surface area contributed by atoms with Crippen LogP contribution < -0.4 is 19.7 Å². The second kappa shape index (κ2) is 9.13. The largest absolute Gasteiger partial charge is 0.494 e. The highest BCUT2D eigenvalue weighted by Crippen LogP contribution is 2.36. The molecule has 0 fully saturated rings. The molecule has 0 aliphatic carbocycles. The van der Waals surface area contributed by atoms with Gasteiger partial charge >= 0.3 is 0 Å². The van der Waals surface area contributed by atoms with E-state index in [1.54, 1.807) is 31.3 Å². The van der Waals surface area contributed by atoms with Gasteiger partial charge in [-0.1, -0.05) is 11.6 Å². The summed E-state index contributed by atoms with van der Waals surface area (Å²) < 4.78 is 37.6. The molecule has 1 heterocycles. The molecule has 0 aromatic heterocycles. The highest BCUT2D eigenvalue weighted by atomic mass is 35.5. The maximum Gasteiger partial charge on any atom is 0.262 e. The molecule has 1 N–H and O–H groups in total. The molecule has 0 bridgehead atoms. The lowest BCUT2D eigenvalue weighted by atomic mass is 10.2. The van der Waals surface area contributed by atoms with Crippen LogP contribution in [0.25, 0.3) is 0 Å². The van der Waals surface area contributed by atoms with E-state index in [0.29, 0.717) is 18.0 Å². The Hall–Kier alpha value is -2.82. The Bertz CT molecular complexity index is 1100. The zero-order valence-electron chi connectivity index (χ0n) is 17.2. The number of ether oxygens (including phenoxy) is 2. The highest BCUT2D eigenvalue weighted by molar-refractivity contribution is 7.89. The van der Waals surface area contributed by atoms with E-state index >= 15 is 0 Å². The van der Waals surface area contributed by atoms with E-state index in [1.807, 2.05) is 6.92 Å². The average Bonchev–Trinajstić information content (AvgIpc) is 2.73. The Morgan fingerprint density at radius 1 is 1.23 bits per heavy atom. The van der Waals surface area contributed by atoms with Gasteiger partial charge in [0.25, 0.3) is 5.91 Å². The fraction of sp³-hybridized carbons (Fsp3) is 0.300. The van der Waals surface area contributed by atoms with Crippen LogP contribution >= 0.6 is 11.6 Å². The predicted molar refractivity (Wildman–Crippen MR) is 116 cm³/mol. The predicted octanol–water partition coefficient (Wildman–Crippen LogP) is 2.35. The monoisotopic (exact) mass is 467 g/mol. The third-order valence-electron chi connectivity index (χ3n) is 4.62. The van der Waals surface area contributed by atoms with Crippen molar-refractivity contribution in [1.29, 1.82) is 0 Å². The lowest BCUT2D eigenvalue weighted by Crippen LogP contribution is -2.39. The van der Waals surface area contributed by atoms with E-state index in [4.69, 9.17) is 21.1 Å². The van der Waals surface area contributed by atoms with Crippen LogP contribution in [0.1, 0.15) is 6.92 Å². The molecule has 9 nitrogen and oxygen atoms in total.